The number of carbonyl (C=O) groups excluding carboxylic acids is 2. The minimum absolute atomic E-state index is 0.181. The molecule has 2 amide bonds. The number of morpholine rings is 1. The van der Waals surface area contributed by atoms with Crippen LogP contribution in [0.3, 0.4) is 0 Å². The molecule has 1 fully saturated rings. The van der Waals surface area contributed by atoms with Crippen molar-refractivity contribution in [1.29, 1.82) is 0 Å². The summed E-state index contributed by atoms with van der Waals surface area (Å²) in [6.07, 6.45) is 5.40. The Bertz CT molecular complexity index is 937. The van der Waals surface area contributed by atoms with Crippen molar-refractivity contribution in [3.8, 4) is 0 Å². The summed E-state index contributed by atoms with van der Waals surface area (Å²) in [6, 6.07) is 13.9. The smallest absolute Gasteiger partial charge is 0.313 e. The molecular formula is C25H31N3O3. The quantitative estimate of drug-likeness (QED) is 0.724. The SMILES string of the molecule is CCC(NC(=O)C(=O)Nc1ccccc1N1CCOCC1)c1ccc2c(c1)CCCC2. The van der Waals surface area contributed by atoms with Crippen molar-refractivity contribution in [2.75, 3.05) is 36.5 Å². The lowest BCUT2D eigenvalue weighted by Crippen LogP contribution is -2.39. The van der Waals surface area contributed by atoms with Crippen molar-refractivity contribution in [2.45, 2.75) is 45.1 Å². The van der Waals surface area contributed by atoms with E-state index in [1.807, 2.05) is 31.2 Å². The fourth-order valence-electron chi connectivity index (χ4n) is 4.45. The molecule has 6 nitrogen and oxygen atoms in total. The van der Waals surface area contributed by atoms with Crippen molar-refractivity contribution >= 4 is 23.2 Å². The second-order valence-electron chi connectivity index (χ2n) is 8.24. The number of hydrogen-bond donors (Lipinski definition) is 2. The van der Waals surface area contributed by atoms with Crippen LogP contribution in [0.5, 0.6) is 0 Å². The predicted octanol–water partition coefficient (Wildman–Crippen LogP) is 3.61. The highest BCUT2D eigenvalue weighted by Gasteiger charge is 2.22. The minimum Gasteiger partial charge on any atom is -0.378 e. The molecule has 0 aromatic heterocycles. The second kappa shape index (κ2) is 9.96. The molecule has 1 unspecified atom stereocenters. The average Bonchev–Trinajstić information content (AvgIpc) is 2.83. The molecule has 2 aliphatic rings. The Morgan fingerprint density at radius 3 is 2.52 bits per heavy atom. The number of benzene rings is 2. The molecular weight excluding hydrogens is 390 g/mol. The van der Waals surface area contributed by atoms with Crippen molar-refractivity contribution in [3.63, 3.8) is 0 Å². The van der Waals surface area contributed by atoms with Gasteiger partial charge in [0.2, 0.25) is 0 Å². The van der Waals surface area contributed by atoms with Gasteiger partial charge in [0.05, 0.1) is 30.6 Å². The molecule has 1 aliphatic carbocycles. The molecule has 1 atom stereocenters. The number of hydrogen-bond acceptors (Lipinski definition) is 4. The van der Waals surface area contributed by atoms with E-state index in [1.54, 1.807) is 0 Å². The molecule has 31 heavy (non-hydrogen) atoms. The van der Waals surface area contributed by atoms with E-state index in [0.717, 1.165) is 43.6 Å². The Labute approximate surface area is 184 Å². The van der Waals surface area contributed by atoms with E-state index in [1.165, 1.54) is 24.0 Å². The number of para-hydroxylation sites is 2. The zero-order chi connectivity index (χ0) is 21.6. The van der Waals surface area contributed by atoms with Gasteiger partial charge in [-0.25, -0.2) is 0 Å². The van der Waals surface area contributed by atoms with E-state index in [2.05, 4.69) is 33.7 Å². The van der Waals surface area contributed by atoms with Gasteiger partial charge in [-0.2, -0.15) is 0 Å². The Kier molecular flexibility index (Phi) is 6.87. The Balaban J connectivity index is 1.43. The zero-order valence-electron chi connectivity index (χ0n) is 18.2. The molecule has 0 bridgehead atoms. The minimum atomic E-state index is -0.642. The van der Waals surface area contributed by atoms with Gasteiger partial charge in [0, 0.05) is 13.1 Å². The highest BCUT2D eigenvalue weighted by atomic mass is 16.5. The maximum atomic E-state index is 12.7. The standard InChI is InChI=1S/C25H31N3O3/c1-2-21(20-12-11-18-7-3-4-8-19(18)17-20)26-24(29)25(30)27-22-9-5-6-10-23(22)28-13-15-31-16-14-28/h5-6,9-12,17,21H,2-4,7-8,13-16H2,1H3,(H,26,29)(H,27,30). The Morgan fingerprint density at radius 1 is 1.00 bits per heavy atom. The number of ether oxygens (including phenoxy) is 1. The molecule has 4 rings (SSSR count). The van der Waals surface area contributed by atoms with E-state index < -0.39 is 11.8 Å². The molecule has 1 saturated heterocycles. The molecule has 1 heterocycles. The van der Waals surface area contributed by atoms with Gasteiger partial charge in [0.25, 0.3) is 0 Å². The zero-order valence-corrected chi connectivity index (χ0v) is 18.2. The largest absolute Gasteiger partial charge is 0.378 e. The summed E-state index contributed by atoms with van der Waals surface area (Å²) < 4.78 is 5.42. The normalized spacial score (nSPS) is 16.9. The van der Waals surface area contributed by atoms with Crippen LogP contribution in [0.4, 0.5) is 11.4 Å². The summed E-state index contributed by atoms with van der Waals surface area (Å²) in [5.41, 5.74) is 5.41. The van der Waals surface area contributed by atoms with Gasteiger partial charge in [0.15, 0.2) is 0 Å². The summed E-state index contributed by atoms with van der Waals surface area (Å²) in [4.78, 5) is 27.6. The summed E-state index contributed by atoms with van der Waals surface area (Å²) >= 11 is 0. The molecule has 1 aliphatic heterocycles. The first-order valence-electron chi connectivity index (χ1n) is 11.3. The molecule has 164 valence electrons. The van der Waals surface area contributed by atoms with Crippen molar-refractivity contribution in [1.82, 2.24) is 5.32 Å². The summed E-state index contributed by atoms with van der Waals surface area (Å²) in [6.45, 7) is 4.85. The van der Waals surface area contributed by atoms with Gasteiger partial charge < -0.3 is 20.3 Å². The highest BCUT2D eigenvalue weighted by Crippen LogP contribution is 2.27. The first-order valence-corrected chi connectivity index (χ1v) is 11.3. The van der Waals surface area contributed by atoms with E-state index in [-0.39, 0.29) is 6.04 Å². The fraction of sp³-hybridized carbons (Fsp3) is 0.440. The number of rotatable bonds is 5. The highest BCUT2D eigenvalue weighted by molar-refractivity contribution is 6.40. The van der Waals surface area contributed by atoms with E-state index >= 15 is 0 Å². The van der Waals surface area contributed by atoms with Crippen LogP contribution in [0.2, 0.25) is 0 Å². The van der Waals surface area contributed by atoms with Gasteiger partial charge >= 0.3 is 11.8 Å². The van der Waals surface area contributed by atoms with Crippen molar-refractivity contribution in [3.05, 3.63) is 59.2 Å². The first-order chi connectivity index (χ1) is 15.2. The van der Waals surface area contributed by atoms with E-state index in [0.29, 0.717) is 18.9 Å². The maximum Gasteiger partial charge on any atom is 0.313 e. The van der Waals surface area contributed by atoms with Gasteiger partial charge in [-0.05, 0) is 60.9 Å². The summed E-state index contributed by atoms with van der Waals surface area (Å²) in [5.74, 6) is -1.25. The number of anilines is 2. The van der Waals surface area contributed by atoms with Crippen molar-refractivity contribution < 1.29 is 14.3 Å². The number of nitrogens with zero attached hydrogens (tertiary/aromatic N) is 1. The maximum absolute atomic E-state index is 12.7. The van der Waals surface area contributed by atoms with Crippen LogP contribution < -0.4 is 15.5 Å². The monoisotopic (exact) mass is 421 g/mol. The molecule has 2 aromatic rings. The molecule has 6 heteroatoms. The number of nitrogens with one attached hydrogen (secondary N) is 2. The van der Waals surface area contributed by atoms with Crippen LogP contribution in [0.15, 0.2) is 42.5 Å². The molecule has 0 saturated carbocycles. The third-order valence-electron chi connectivity index (χ3n) is 6.20. The third kappa shape index (κ3) is 5.07. The second-order valence-corrected chi connectivity index (χ2v) is 8.24. The lowest BCUT2D eigenvalue weighted by atomic mass is 9.89. The van der Waals surface area contributed by atoms with Crippen LogP contribution in [-0.2, 0) is 27.2 Å². The van der Waals surface area contributed by atoms with Crippen LogP contribution in [-0.4, -0.2) is 38.1 Å². The van der Waals surface area contributed by atoms with Gasteiger partial charge in [-0.1, -0.05) is 37.3 Å². The average molecular weight is 422 g/mol. The predicted molar refractivity (Wildman–Crippen MR) is 122 cm³/mol. The van der Waals surface area contributed by atoms with Gasteiger partial charge in [0.1, 0.15) is 0 Å². The van der Waals surface area contributed by atoms with Crippen LogP contribution in [0.25, 0.3) is 0 Å². The summed E-state index contributed by atoms with van der Waals surface area (Å²) in [7, 11) is 0. The van der Waals surface area contributed by atoms with Crippen molar-refractivity contribution in [2.24, 2.45) is 0 Å². The van der Waals surface area contributed by atoms with E-state index in [9.17, 15) is 9.59 Å². The number of aryl methyl sites for hydroxylation is 2. The van der Waals surface area contributed by atoms with Crippen LogP contribution in [0.1, 0.15) is 48.9 Å². The van der Waals surface area contributed by atoms with E-state index in [4.69, 9.17) is 4.74 Å². The molecule has 2 N–H and O–H groups in total. The molecule has 0 spiro atoms. The van der Waals surface area contributed by atoms with Crippen LogP contribution >= 0.6 is 0 Å². The molecule has 0 radical (unpaired) electrons. The topological polar surface area (TPSA) is 70.7 Å². The Hall–Kier alpha value is -2.86. The third-order valence-corrected chi connectivity index (χ3v) is 6.20. The molecule has 2 aromatic carbocycles. The number of amides is 2. The first kappa shape index (κ1) is 21.4. The Morgan fingerprint density at radius 2 is 1.74 bits per heavy atom. The lowest BCUT2D eigenvalue weighted by Gasteiger charge is -2.30. The van der Waals surface area contributed by atoms with Crippen LogP contribution in [0, 0.1) is 0 Å². The number of carbonyl (C=O) groups is 2. The summed E-state index contributed by atoms with van der Waals surface area (Å²) in [5, 5.41) is 5.73. The van der Waals surface area contributed by atoms with Gasteiger partial charge in [-0.15, -0.1) is 0 Å². The lowest BCUT2D eigenvalue weighted by molar-refractivity contribution is -0.136. The van der Waals surface area contributed by atoms with Gasteiger partial charge in [-0.3, -0.25) is 9.59 Å². The fourth-order valence-corrected chi connectivity index (χ4v) is 4.45. The number of fused-ring (bicyclic) bond motifs is 1.